The Labute approximate surface area is 307 Å². The van der Waals surface area contributed by atoms with Crippen LogP contribution in [0.25, 0.3) is 60.6 Å². The summed E-state index contributed by atoms with van der Waals surface area (Å²) in [5.41, 5.74) is 1.71. The molecule has 7 aromatic carbocycles. The first kappa shape index (κ1) is 32.7. The molecule has 0 aliphatic carbocycles. The highest BCUT2D eigenvalue weighted by molar-refractivity contribution is 6.23. The molecule has 0 saturated carbocycles. The summed E-state index contributed by atoms with van der Waals surface area (Å²) in [5.74, 6) is -1.31. The molecule has 0 saturated heterocycles. The second-order valence-corrected chi connectivity index (χ2v) is 13.2. The third-order valence-electron chi connectivity index (χ3n) is 9.86. The minimum Gasteiger partial charge on any atom is -0.459 e. The van der Waals surface area contributed by atoms with Crippen molar-refractivity contribution in [3.05, 3.63) is 171 Å². The first-order chi connectivity index (χ1) is 26.4. The van der Waals surface area contributed by atoms with Crippen LogP contribution < -0.4 is 16.6 Å². The summed E-state index contributed by atoms with van der Waals surface area (Å²) in [6.07, 6.45) is 0.104. The van der Waals surface area contributed by atoms with Gasteiger partial charge in [-0.15, -0.1) is 0 Å². The average Bonchev–Trinajstić information content (AvgIpc) is 3.21. The van der Waals surface area contributed by atoms with E-state index in [1.807, 2.05) is 97.1 Å². The zero-order chi connectivity index (χ0) is 36.8. The Morgan fingerprint density at radius 3 is 2.13 bits per heavy atom. The second-order valence-electron chi connectivity index (χ2n) is 13.2. The van der Waals surface area contributed by atoms with Crippen molar-refractivity contribution in [3.8, 4) is 17.2 Å². The van der Waals surface area contributed by atoms with Gasteiger partial charge in [-0.25, -0.2) is 19.1 Å². The van der Waals surface area contributed by atoms with Crippen LogP contribution in [0, 0.1) is 0 Å². The van der Waals surface area contributed by atoms with Crippen molar-refractivity contribution < 1.29 is 14.3 Å². The van der Waals surface area contributed by atoms with Gasteiger partial charge >= 0.3 is 11.7 Å². The van der Waals surface area contributed by atoms with Crippen molar-refractivity contribution in [1.29, 1.82) is 0 Å². The van der Waals surface area contributed by atoms with Gasteiger partial charge in [-0.05, 0) is 67.7 Å². The number of carbonyl (C=O) groups is 2. The number of benzene rings is 7. The second kappa shape index (κ2) is 13.4. The summed E-state index contributed by atoms with van der Waals surface area (Å²) in [6.45, 7) is -0.675. The molecule has 9 rings (SSSR count). The number of carbonyl (C=O) groups excluding carboxylic acids is 2. The monoisotopic (exact) mass is 709 g/mol. The molecule has 0 aromatic heterocycles. The van der Waals surface area contributed by atoms with Crippen molar-refractivity contribution in [1.82, 2.24) is 24.4 Å². The number of esters is 1. The fourth-order valence-electron chi connectivity index (χ4n) is 7.33. The largest absolute Gasteiger partial charge is 0.459 e. The Hall–Kier alpha value is -7.20. The van der Waals surface area contributed by atoms with E-state index in [-0.39, 0.29) is 24.5 Å². The topological polar surface area (TPSA) is 125 Å². The van der Waals surface area contributed by atoms with E-state index in [1.54, 1.807) is 16.7 Å². The van der Waals surface area contributed by atoms with Crippen molar-refractivity contribution in [2.24, 2.45) is 0 Å². The van der Waals surface area contributed by atoms with E-state index in [1.165, 1.54) is 0 Å². The number of aromatic nitrogens is 4. The predicted octanol–water partition coefficient (Wildman–Crippen LogP) is 6.42. The van der Waals surface area contributed by atoms with Crippen LogP contribution in [-0.2, 0) is 33.9 Å². The van der Waals surface area contributed by atoms with Gasteiger partial charge in [0.05, 0.1) is 11.0 Å². The molecule has 0 radical (unpaired) electrons. The van der Waals surface area contributed by atoms with Crippen LogP contribution in [0.15, 0.2) is 149 Å². The van der Waals surface area contributed by atoms with E-state index in [4.69, 9.17) is 4.74 Å². The zero-order valence-electron chi connectivity index (χ0n) is 28.8. The lowest BCUT2D eigenvalue weighted by molar-refractivity contribution is -0.149. The summed E-state index contributed by atoms with van der Waals surface area (Å²) < 4.78 is 8.19. The molecule has 1 atom stereocenters. The van der Waals surface area contributed by atoms with Crippen LogP contribution in [-0.4, -0.2) is 37.0 Å². The number of rotatable bonds is 9. The first-order valence-corrected chi connectivity index (χ1v) is 17.6. The Morgan fingerprint density at radius 1 is 0.685 bits per heavy atom. The van der Waals surface area contributed by atoms with Gasteiger partial charge in [0.2, 0.25) is 5.91 Å². The summed E-state index contributed by atoms with van der Waals surface area (Å²) in [6, 6.07) is 43.0. The molecule has 262 valence electrons. The van der Waals surface area contributed by atoms with E-state index < -0.39 is 35.7 Å². The van der Waals surface area contributed by atoms with E-state index >= 15 is 0 Å². The maximum Gasteiger partial charge on any atom is 0.353 e. The average molecular weight is 710 g/mol. The number of fused-ring (bicyclic) bond motifs is 2. The Balaban J connectivity index is 1.07. The molecule has 0 spiro atoms. The number of hydrogen-bond donors (Lipinski definition) is 1. The molecule has 0 fully saturated rings. The predicted molar refractivity (Wildman–Crippen MR) is 208 cm³/mol. The van der Waals surface area contributed by atoms with Crippen LogP contribution in [0.2, 0.25) is 0 Å². The normalized spacial score (nSPS) is 12.1. The molecule has 2 aliphatic heterocycles. The first-order valence-electron chi connectivity index (χ1n) is 17.6. The Bertz CT molecular complexity index is 2940. The highest BCUT2D eigenvalue weighted by Gasteiger charge is 2.27. The van der Waals surface area contributed by atoms with Crippen molar-refractivity contribution in [3.63, 3.8) is 0 Å². The Kier molecular flexibility index (Phi) is 8.12. The minimum absolute atomic E-state index is 0.00429. The number of nitrogens with zero attached hydrogens (tertiary/aromatic N) is 4. The van der Waals surface area contributed by atoms with Gasteiger partial charge in [0.15, 0.2) is 11.5 Å². The summed E-state index contributed by atoms with van der Waals surface area (Å²) in [5, 5.41) is 9.21. The van der Waals surface area contributed by atoms with Crippen molar-refractivity contribution in [2.75, 3.05) is 0 Å². The van der Waals surface area contributed by atoms with Gasteiger partial charge in [-0.2, -0.15) is 4.98 Å². The quantitative estimate of drug-likeness (QED) is 0.104. The maximum absolute atomic E-state index is 14.0. The Morgan fingerprint density at radius 2 is 1.35 bits per heavy atom. The molecule has 0 bridgehead atoms. The van der Waals surface area contributed by atoms with E-state index in [2.05, 4.69) is 45.6 Å². The number of amides is 1. The molecular formula is C44H31N5O5. The number of para-hydroxylation sites is 3. The molecule has 2 aliphatic rings. The number of nitrogens with one attached hydrogen (secondary N) is 1. The number of hydrogen-bond acceptors (Lipinski definition) is 7. The lowest BCUT2D eigenvalue weighted by Crippen LogP contribution is -2.48. The lowest BCUT2D eigenvalue weighted by Gasteiger charge is -2.21. The summed E-state index contributed by atoms with van der Waals surface area (Å²) in [7, 11) is 0. The molecule has 10 heteroatoms. The van der Waals surface area contributed by atoms with Crippen LogP contribution in [0.1, 0.15) is 11.1 Å². The molecule has 10 nitrogen and oxygen atoms in total. The van der Waals surface area contributed by atoms with Crippen molar-refractivity contribution in [2.45, 2.75) is 25.6 Å². The standard InChI is InChI=1S/C44H31N5O5/c50-37(25-48-42(51)40-41(47-44(48)53)49(32-14-5-2-6-15-32)36-17-8-7-16-34(36)46-40)45-35(43(52)54-26-27-10-3-1-4-11-27)24-31-21-20-30-19-18-28-12-9-13-29-22-23-33(31)39(30)38(28)29/h1-23,35H,24-26H2,(H,45,50)/t35-/m1/s1. The van der Waals surface area contributed by atoms with E-state index in [9.17, 15) is 19.2 Å². The smallest absolute Gasteiger partial charge is 0.353 e. The van der Waals surface area contributed by atoms with Crippen LogP contribution in [0.3, 0.4) is 0 Å². The molecule has 0 unspecified atom stereocenters. The van der Waals surface area contributed by atoms with Crippen LogP contribution in [0.4, 0.5) is 0 Å². The third-order valence-corrected chi connectivity index (χ3v) is 9.86. The summed E-state index contributed by atoms with van der Waals surface area (Å²) >= 11 is 0. The summed E-state index contributed by atoms with van der Waals surface area (Å²) in [4.78, 5) is 63.9. The molecule has 2 heterocycles. The molecule has 1 N–H and O–H groups in total. The number of ether oxygens (including phenoxy) is 1. The van der Waals surface area contributed by atoms with Gasteiger partial charge in [-0.1, -0.05) is 115 Å². The van der Waals surface area contributed by atoms with Gasteiger partial charge in [-0.3, -0.25) is 14.2 Å². The fourth-order valence-corrected chi connectivity index (χ4v) is 7.33. The SMILES string of the molecule is O=C(Cn1c(=O)nc2n(-c3ccccc3)c3ccccc3nc-2c1=O)N[C@H](Cc1ccc2ccc3cccc4ccc1c2c34)C(=O)OCc1ccccc1. The minimum atomic E-state index is -1.14. The molecule has 1 amide bonds. The maximum atomic E-state index is 14.0. The molecule has 54 heavy (non-hydrogen) atoms. The van der Waals surface area contributed by atoms with Crippen LogP contribution >= 0.6 is 0 Å². The third kappa shape index (κ3) is 5.79. The lowest BCUT2D eigenvalue weighted by atomic mass is 9.90. The molecule has 7 aromatic rings. The fraction of sp³-hybridized carbons (Fsp3) is 0.0909. The van der Waals surface area contributed by atoms with Crippen molar-refractivity contribution >= 4 is 55.2 Å². The zero-order valence-corrected chi connectivity index (χ0v) is 28.8. The highest BCUT2D eigenvalue weighted by atomic mass is 16.5. The van der Waals surface area contributed by atoms with E-state index in [0.29, 0.717) is 16.7 Å². The highest BCUT2D eigenvalue weighted by Crippen LogP contribution is 2.36. The van der Waals surface area contributed by atoms with Gasteiger partial charge in [0.25, 0.3) is 5.56 Å². The van der Waals surface area contributed by atoms with Gasteiger partial charge in [0, 0.05) is 12.1 Å². The molecular weight excluding hydrogens is 679 g/mol. The van der Waals surface area contributed by atoms with Gasteiger partial charge in [0.1, 0.15) is 19.2 Å². The van der Waals surface area contributed by atoms with E-state index in [0.717, 1.165) is 48.0 Å². The van der Waals surface area contributed by atoms with Gasteiger partial charge < -0.3 is 10.1 Å². The van der Waals surface area contributed by atoms with Crippen LogP contribution in [0.5, 0.6) is 0 Å².